The lowest BCUT2D eigenvalue weighted by Crippen LogP contribution is -2.40. The van der Waals surface area contributed by atoms with Crippen LogP contribution in [0.5, 0.6) is 0 Å². The highest BCUT2D eigenvalue weighted by atomic mass is 32.2. The summed E-state index contributed by atoms with van der Waals surface area (Å²) < 4.78 is 36.5. The molecule has 0 saturated heterocycles. The zero-order chi connectivity index (χ0) is 14.7. The van der Waals surface area contributed by atoms with Crippen molar-refractivity contribution in [2.45, 2.75) is 12.8 Å². The van der Waals surface area contributed by atoms with Gasteiger partial charge in [-0.25, -0.2) is 0 Å². The molecule has 0 aromatic carbocycles. The van der Waals surface area contributed by atoms with Crippen LogP contribution in [0.25, 0.3) is 0 Å². The van der Waals surface area contributed by atoms with Crippen molar-refractivity contribution in [1.29, 1.82) is 0 Å². The highest BCUT2D eigenvalue weighted by Crippen LogP contribution is 1.96. The second-order valence-corrected chi connectivity index (χ2v) is 5.60. The van der Waals surface area contributed by atoms with Gasteiger partial charge in [0.1, 0.15) is 0 Å². The molecule has 0 spiro atoms. The molecule has 112 valence electrons. The summed E-state index contributed by atoms with van der Waals surface area (Å²) in [6, 6.07) is 0. The summed E-state index contributed by atoms with van der Waals surface area (Å²) in [4.78, 5) is 10.9. The molecule has 0 amide bonds. The lowest BCUT2D eigenvalue weighted by molar-refractivity contribution is -0.140. The Labute approximate surface area is 114 Å². The minimum atomic E-state index is -3.58. The van der Waals surface area contributed by atoms with Crippen LogP contribution in [0.1, 0.15) is 12.8 Å². The Bertz CT molecular complexity index is 369. The number of methoxy groups -OCH3 is 1. The molecule has 0 fully saturated rings. The summed E-state index contributed by atoms with van der Waals surface area (Å²) in [6.45, 7) is 4.60. The predicted molar refractivity (Wildman–Crippen MR) is 71.8 cm³/mol. The third kappa shape index (κ3) is 8.71. The van der Waals surface area contributed by atoms with Gasteiger partial charge in [-0.3, -0.25) is 4.79 Å². The lowest BCUT2D eigenvalue weighted by atomic mass is 10.4. The monoisotopic (exact) mass is 294 g/mol. The van der Waals surface area contributed by atoms with Gasteiger partial charge in [0.2, 0.25) is 0 Å². The molecular weight excluding hydrogens is 272 g/mol. The number of rotatable bonds is 11. The van der Waals surface area contributed by atoms with Gasteiger partial charge in [-0.05, 0) is 6.42 Å². The fourth-order valence-electron chi connectivity index (χ4n) is 1.09. The molecule has 0 rings (SSSR count). The summed E-state index contributed by atoms with van der Waals surface area (Å²) in [5.74, 6) is -0.449. The maximum Gasteiger partial charge on any atom is 0.306 e. The third-order valence-electron chi connectivity index (χ3n) is 2.27. The number of nitrogens with one attached hydrogen (secondary N) is 1. The molecular formula is C11H22N2O5S. The van der Waals surface area contributed by atoms with Gasteiger partial charge in [-0.2, -0.15) is 17.4 Å². The van der Waals surface area contributed by atoms with Gasteiger partial charge in [0.15, 0.2) is 0 Å². The Hall–Kier alpha value is -0.960. The van der Waals surface area contributed by atoms with Gasteiger partial charge in [0.25, 0.3) is 10.2 Å². The second-order valence-electron chi connectivity index (χ2n) is 3.74. The number of ether oxygens (including phenoxy) is 2. The molecule has 0 aliphatic heterocycles. The first-order valence-corrected chi connectivity index (χ1v) is 7.34. The van der Waals surface area contributed by atoms with Crippen molar-refractivity contribution < 1.29 is 22.7 Å². The van der Waals surface area contributed by atoms with E-state index in [1.165, 1.54) is 14.2 Å². The molecule has 0 heterocycles. The predicted octanol–water partition coefficient (Wildman–Crippen LogP) is -0.0916. The number of esters is 1. The van der Waals surface area contributed by atoms with Gasteiger partial charge < -0.3 is 9.47 Å². The van der Waals surface area contributed by atoms with Gasteiger partial charge >= 0.3 is 5.97 Å². The molecule has 0 aliphatic carbocycles. The maximum atomic E-state index is 11.7. The summed E-state index contributed by atoms with van der Waals surface area (Å²) in [5.41, 5.74) is 0. The zero-order valence-corrected chi connectivity index (χ0v) is 12.2. The van der Waals surface area contributed by atoms with Crippen LogP contribution in [0.4, 0.5) is 0 Å². The summed E-state index contributed by atoms with van der Waals surface area (Å²) in [6.07, 6.45) is 2.47. The largest absolute Gasteiger partial charge is 0.469 e. The first kappa shape index (κ1) is 18.0. The van der Waals surface area contributed by atoms with E-state index in [0.29, 0.717) is 6.61 Å². The van der Waals surface area contributed by atoms with Crippen LogP contribution < -0.4 is 4.72 Å². The van der Waals surface area contributed by atoms with Gasteiger partial charge in [0.05, 0.1) is 26.7 Å². The number of hydrogen-bond donors (Lipinski definition) is 1. The SMILES string of the molecule is C=CCCOCCNS(=O)(=O)N(C)CCC(=O)OC. The third-order valence-corrected chi connectivity index (χ3v) is 3.84. The molecule has 0 atom stereocenters. The van der Waals surface area contributed by atoms with Crippen LogP contribution >= 0.6 is 0 Å². The van der Waals surface area contributed by atoms with Crippen LogP contribution in [-0.2, 0) is 24.5 Å². The molecule has 0 saturated carbocycles. The second kappa shape index (κ2) is 9.90. The molecule has 0 radical (unpaired) electrons. The van der Waals surface area contributed by atoms with Crippen molar-refractivity contribution in [2.75, 3.05) is 40.5 Å². The molecule has 0 aromatic rings. The highest BCUT2D eigenvalue weighted by molar-refractivity contribution is 7.87. The first-order chi connectivity index (χ1) is 8.94. The fourth-order valence-corrected chi connectivity index (χ4v) is 1.99. The molecule has 1 N–H and O–H groups in total. The fraction of sp³-hybridized carbons (Fsp3) is 0.727. The van der Waals surface area contributed by atoms with Crippen molar-refractivity contribution in [3.63, 3.8) is 0 Å². The van der Waals surface area contributed by atoms with E-state index >= 15 is 0 Å². The summed E-state index contributed by atoms with van der Waals surface area (Å²) in [5, 5.41) is 0. The molecule has 0 unspecified atom stereocenters. The van der Waals surface area contributed by atoms with Crippen LogP contribution in [0.15, 0.2) is 12.7 Å². The van der Waals surface area contributed by atoms with Crippen LogP contribution in [0, 0.1) is 0 Å². The van der Waals surface area contributed by atoms with Gasteiger partial charge in [-0.1, -0.05) is 6.08 Å². The van der Waals surface area contributed by atoms with Gasteiger partial charge in [0, 0.05) is 20.1 Å². The Morgan fingerprint density at radius 3 is 2.68 bits per heavy atom. The summed E-state index contributed by atoms with van der Waals surface area (Å²) >= 11 is 0. The molecule has 0 aromatic heterocycles. The van der Waals surface area contributed by atoms with E-state index in [-0.39, 0.29) is 26.1 Å². The maximum absolute atomic E-state index is 11.7. The Morgan fingerprint density at radius 2 is 2.11 bits per heavy atom. The van der Waals surface area contributed by atoms with E-state index in [2.05, 4.69) is 16.0 Å². The minimum Gasteiger partial charge on any atom is -0.469 e. The number of carbonyl (C=O) groups is 1. The smallest absolute Gasteiger partial charge is 0.306 e. The molecule has 7 nitrogen and oxygen atoms in total. The number of nitrogens with zero attached hydrogens (tertiary/aromatic N) is 1. The molecule has 0 bridgehead atoms. The van der Waals surface area contributed by atoms with Crippen molar-refractivity contribution in [3.05, 3.63) is 12.7 Å². The standard InChI is InChI=1S/C11H22N2O5S/c1-4-5-9-18-10-7-12-19(15,16)13(2)8-6-11(14)17-3/h4,12H,1,5-10H2,2-3H3. The van der Waals surface area contributed by atoms with Gasteiger partial charge in [-0.15, -0.1) is 6.58 Å². The first-order valence-electron chi connectivity index (χ1n) is 5.90. The quantitative estimate of drug-likeness (QED) is 0.327. The number of hydrogen-bond acceptors (Lipinski definition) is 5. The van der Waals surface area contributed by atoms with Crippen LogP contribution in [0.2, 0.25) is 0 Å². The Kier molecular flexibility index (Phi) is 9.40. The summed E-state index contributed by atoms with van der Waals surface area (Å²) in [7, 11) is -0.929. The average Bonchev–Trinajstić information content (AvgIpc) is 2.39. The normalized spacial score (nSPS) is 11.5. The minimum absolute atomic E-state index is 0.0176. The Morgan fingerprint density at radius 1 is 1.42 bits per heavy atom. The van der Waals surface area contributed by atoms with E-state index in [1.807, 2.05) is 0 Å². The lowest BCUT2D eigenvalue weighted by Gasteiger charge is -2.17. The van der Waals surface area contributed by atoms with E-state index in [0.717, 1.165) is 10.7 Å². The van der Waals surface area contributed by atoms with E-state index in [1.54, 1.807) is 6.08 Å². The highest BCUT2D eigenvalue weighted by Gasteiger charge is 2.17. The number of carbonyl (C=O) groups excluding carboxylic acids is 1. The molecule has 19 heavy (non-hydrogen) atoms. The average molecular weight is 294 g/mol. The van der Waals surface area contributed by atoms with Crippen LogP contribution in [0.3, 0.4) is 0 Å². The zero-order valence-electron chi connectivity index (χ0n) is 11.4. The van der Waals surface area contributed by atoms with Crippen molar-refractivity contribution in [2.24, 2.45) is 0 Å². The molecule has 0 aliphatic rings. The van der Waals surface area contributed by atoms with Crippen LogP contribution in [-0.4, -0.2) is 59.2 Å². The van der Waals surface area contributed by atoms with Crippen molar-refractivity contribution in [1.82, 2.24) is 9.03 Å². The Balaban J connectivity index is 3.89. The van der Waals surface area contributed by atoms with E-state index < -0.39 is 16.2 Å². The van der Waals surface area contributed by atoms with E-state index in [9.17, 15) is 13.2 Å². The topological polar surface area (TPSA) is 84.9 Å². The van der Waals surface area contributed by atoms with Crippen molar-refractivity contribution >= 4 is 16.2 Å². The van der Waals surface area contributed by atoms with Crippen molar-refractivity contribution in [3.8, 4) is 0 Å². The molecule has 8 heteroatoms. The van der Waals surface area contributed by atoms with E-state index in [4.69, 9.17) is 4.74 Å².